The number of Topliss-reactive ketones (excluding diaryl/α,β-unsaturated/α-hetero) is 1. The average molecular weight is 400 g/mol. The molecular formula is C17H13Cl3N2O3. The largest absolute Gasteiger partial charge is 0.469 e. The van der Waals surface area contributed by atoms with Crippen LogP contribution in [-0.2, 0) is 11.2 Å². The first-order valence-electron chi connectivity index (χ1n) is 7.40. The molecule has 0 bridgehead atoms. The van der Waals surface area contributed by atoms with Gasteiger partial charge in [-0.25, -0.2) is 4.98 Å². The number of carbonyl (C=O) groups excluding carboxylic acids is 1. The van der Waals surface area contributed by atoms with Crippen molar-refractivity contribution in [1.29, 1.82) is 0 Å². The summed E-state index contributed by atoms with van der Waals surface area (Å²) in [7, 11) is 0. The van der Waals surface area contributed by atoms with Crippen LogP contribution in [0.5, 0.6) is 0 Å². The Hall–Kier alpha value is -1.82. The van der Waals surface area contributed by atoms with Gasteiger partial charge < -0.3 is 4.42 Å². The fraction of sp³-hybridized carbons (Fsp3) is 0.235. The fourth-order valence-electron chi connectivity index (χ4n) is 2.73. The van der Waals surface area contributed by atoms with E-state index in [9.17, 15) is 9.59 Å². The van der Waals surface area contributed by atoms with Crippen LogP contribution >= 0.6 is 34.8 Å². The molecule has 0 saturated carbocycles. The Balaban J connectivity index is 2.20. The summed E-state index contributed by atoms with van der Waals surface area (Å²) in [6, 6.07) is 9.20. The molecule has 0 amide bonds. The number of ketones is 1. The van der Waals surface area contributed by atoms with E-state index >= 15 is 0 Å². The van der Waals surface area contributed by atoms with Crippen LogP contribution in [0.1, 0.15) is 17.6 Å². The number of hydrogen-bond donors (Lipinski definition) is 0. The number of carbonyl (C=O) groups is 1. The number of rotatable bonds is 4. The summed E-state index contributed by atoms with van der Waals surface area (Å²) in [4.78, 5) is 30.1. The quantitative estimate of drug-likeness (QED) is 0.622. The molecule has 8 heteroatoms. The molecule has 0 unspecified atom stereocenters. The van der Waals surface area contributed by atoms with Gasteiger partial charge in [-0.15, -0.1) is 0 Å². The molecule has 3 rings (SSSR count). The summed E-state index contributed by atoms with van der Waals surface area (Å²) >= 11 is 17.4. The molecule has 0 saturated heterocycles. The van der Waals surface area contributed by atoms with Crippen molar-refractivity contribution in [2.45, 2.75) is 23.2 Å². The Morgan fingerprint density at radius 2 is 1.96 bits per heavy atom. The molecule has 1 aromatic carbocycles. The third-order valence-corrected chi connectivity index (χ3v) is 4.41. The smallest absolute Gasteiger partial charge is 0.262 e. The highest BCUT2D eigenvalue weighted by atomic mass is 35.6. The zero-order valence-electron chi connectivity index (χ0n) is 13.1. The minimum Gasteiger partial charge on any atom is -0.469 e. The first-order chi connectivity index (χ1) is 11.8. The number of furan rings is 1. The van der Waals surface area contributed by atoms with Gasteiger partial charge in [0.2, 0.25) is 5.78 Å². The number of fused-ring (bicyclic) bond motifs is 1. The number of nitrogens with zero attached hydrogens (tertiary/aromatic N) is 2. The standard InChI is InChI=1S/C17H13Cl3N2O3/c1-10-21-13-7-3-2-6-12(13)16(24)22(10)14(15(23)17(18,19)20)9-11-5-4-8-25-11/h2-8,14H,9H2,1H3/t14-/m0/s1. The van der Waals surface area contributed by atoms with Crippen LogP contribution in [0.15, 0.2) is 51.9 Å². The first kappa shape index (κ1) is 18.0. The molecular weight excluding hydrogens is 387 g/mol. The van der Waals surface area contributed by atoms with Crippen molar-refractivity contribution < 1.29 is 9.21 Å². The summed E-state index contributed by atoms with van der Waals surface area (Å²) in [5, 5.41) is 0.384. The van der Waals surface area contributed by atoms with Crippen molar-refractivity contribution >= 4 is 51.5 Å². The summed E-state index contributed by atoms with van der Waals surface area (Å²) in [6.45, 7) is 1.63. The third kappa shape index (κ3) is 3.59. The second-order valence-corrected chi connectivity index (χ2v) is 7.79. The van der Waals surface area contributed by atoms with Gasteiger partial charge in [-0.2, -0.15) is 0 Å². The van der Waals surface area contributed by atoms with E-state index in [1.165, 1.54) is 10.8 Å². The second-order valence-electron chi connectivity index (χ2n) is 5.51. The molecule has 0 N–H and O–H groups in total. The lowest BCUT2D eigenvalue weighted by Gasteiger charge is -2.23. The van der Waals surface area contributed by atoms with Crippen molar-refractivity contribution in [3.63, 3.8) is 0 Å². The van der Waals surface area contributed by atoms with Crippen molar-refractivity contribution in [1.82, 2.24) is 9.55 Å². The number of hydrogen-bond acceptors (Lipinski definition) is 4. The Morgan fingerprint density at radius 3 is 2.60 bits per heavy atom. The number of para-hydroxylation sites is 1. The lowest BCUT2D eigenvalue weighted by molar-refractivity contribution is -0.121. The monoisotopic (exact) mass is 398 g/mol. The highest BCUT2D eigenvalue weighted by Crippen LogP contribution is 2.33. The van der Waals surface area contributed by atoms with E-state index in [1.807, 2.05) is 0 Å². The maximum Gasteiger partial charge on any atom is 0.262 e. The minimum absolute atomic E-state index is 0.0700. The van der Waals surface area contributed by atoms with Gasteiger partial charge in [-0.05, 0) is 31.2 Å². The van der Waals surface area contributed by atoms with Gasteiger partial charge in [-0.3, -0.25) is 14.2 Å². The molecule has 25 heavy (non-hydrogen) atoms. The van der Waals surface area contributed by atoms with Gasteiger partial charge in [-0.1, -0.05) is 46.9 Å². The summed E-state index contributed by atoms with van der Waals surface area (Å²) in [6.07, 6.45) is 1.54. The Morgan fingerprint density at radius 1 is 1.24 bits per heavy atom. The summed E-state index contributed by atoms with van der Waals surface area (Å²) in [5.41, 5.74) is 0.168. The van der Waals surface area contributed by atoms with Gasteiger partial charge in [0.25, 0.3) is 9.35 Å². The number of alkyl halides is 3. The van der Waals surface area contributed by atoms with Crippen LogP contribution < -0.4 is 5.56 Å². The Bertz CT molecular complexity index is 975. The van der Waals surface area contributed by atoms with Gasteiger partial charge in [0.05, 0.1) is 17.2 Å². The van der Waals surface area contributed by atoms with Crippen molar-refractivity contribution in [3.05, 3.63) is 64.6 Å². The fourth-order valence-corrected chi connectivity index (χ4v) is 3.11. The normalized spacial score (nSPS) is 13.1. The van der Waals surface area contributed by atoms with E-state index in [2.05, 4.69) is 4.98 Å². The lowest BCUT2D eigenvalue weighted by Crippen LogP contribution is -2.38. The maximum absolute atomic E-state index is 13.0. The molecule has 2 heterocycles. The molecule has 0 fully saturated rings. The van der Waals surface area contributed by atoms with Crippen LogP contribution in [0, 0.1) is 6.92 Å². The van der Waals surface area contributed by atoms with Gasteiger partial charge in [0.15, 0.2) is 0 Å². The van der Waals surface area contributed by atoms with Crippen LogP contribution in [0.25, 0.3) is 10.9 Å². The lowest BCUT2D eigenvalue weighted by atomic mass is 10.1. The zero-order valence-corrected chi connectivity index (χ0v) is 15.3. The molecule has 0 spiro atoms. The van der Waals surface area contributed by atoms with Gasteiger partial charge >= 0.3 is 0 Å². The van der Waals surface area contributed by atoms with E-state index in [4.69, 9.17) is 39.2 Å². The zero-order chi connectivity index (χ0) is 18.2. The van der Waals surface area contributed by atoms with E-state index in [-0.39, 0.29) is 12.0 Å². The third-order valence-electron chi connectivity index (χ3n) is 3.85. The first-order valence-corrected chi connectivity index (χ1v) is 8.53. The Labute approximate surface area is 158 Å². The van der Waals surface area contributed by atoms with Crippen LogP contribution in [0.3, 0.4) is 0 Å². The molecule has 5 nitrogen and oxygen atoms in total. The van der Waals surface area contributed by atoms with Crippen LogP contribution in [0.4, 0.5) is 0 Å². The van der Waals surface area contributed by atoms with Crippen molar-refractivity contribution in [2.75, 3.05) is 0 Å². The van der Waals surface area contributed by atoms with E-state index in [0.29, 0.717) is 22.5 Å². The van der Waals surface area contributed by atoms with E-state index in [1.54, 1.807) is 43.3 Å². The molecule has 2 aromatic heterocycles. The Kier molecular flexibility index (Phi) is 4.91. The number of benzene rings is 1. The number of aromatic nitrogens is 2. The van der Waals surface area contributed by atoms with Crippen molar-refractivity contribution in [2.24, 2.45) is 0 Å². The van der Waals surface area contributed by atoms with Gasteiger partial charge in [0.1, 0.15) is 17.6 Å². The number of halogens is 3. The SMILES string of the molecule is Cc1nc2ccccc2c(=O)n1[C@@H](Cc1ccco1)C(=O)C(Cl)(Cl)Cl. The van der Waals surface area contributed by atoms with Crippen LogP contribution in [0.2, 0.25) is 0 Å². The minimum atomic E-state index is -2.17. The highest BCUT2D eigenvalue weighted by molar-refractivity contribution is 6.76. The molecule has 0 aliphatic heterocycles. The van der Waals surface area contributed by atoms with E-state index in [0.717, 1.165) is 0 Å². The maximum atomic E-state index is 13.0. The molecule has 130 valence electrons. The molecule has 0 aliphatic carbocycles. The number of aryl methyl sites for hydroxylation is 1. The molecule has 0 radical (unpaired) electrons. The predicted molar refractivity (Wildman–Crippen MR) is 97.5 cm³/mol. The van der Waals surface area contributed by atoms with E-state index < -0.39 is 15.6 Å². The molecule has 3 aromatic rings. The highest BCUT2D eigenvalue weighted by Gasteiger charge is 2.39. The topological polar surface area (TPSA) is 65.1 Å². The summed E-state index contributed by atoms with van der Waals surface area (Å²) in [5.74, 6) is 0.117. The summed E-state index contributed by atoms with van der Waals surface area (Å²) < 4.78 is 4.39. The van der Waals surface area contributed by atoms with Crippen LogP contribution in [-0.4, -0.2) is 19.1 Å². The van der Waals surface area contributed by atoms with Crippen molar-refractivity contribution in [3.8, 4) is 0 Å². The van der Waals surface area contributed by atoms with Gasteiger partial charge in [0, 0.05) is 6.42 Å². The molecule has 1 atom stereocenters. The second kappa shape index (κ2) is 6.83. The predicted octanol–water partition coefficient (Wildman–Crippen LogP) is 4.02. The molecule has 0 aliphatic rings. The average Bonchev–Trinajstić information content (AvgIpc) is 3.05.